The van der Waals surface area contributed by atoms with Crippen molar-refractivity contribution in [1.82, 2.24) is 5.32 Å². The van der Waals surface area contributed by atoms with Gasteiger partial charge in [-0.15, -0.1) is 0 Å². The first-order chi connectivity index (χ1) is 17.8. The molecule has 0 aliphatic heterocycles. The van der Waals surface area contributed by atoms with E-state index in [-0.39, 0.29) is 19.6 Å². The summed E-state index contributed by atoms with van der Waals surface area (Å²) < 4.78 is 21.7. The molecule has 0 spiro atoms. The van der Waals surface area contributed by atoms with E-state index in [1.165, 1.54) is 25.3 Å². The summed E-state index contributed by atoms with van der Waals surface area (Å²) in [5.41, 5.74) is 5.28. The van der Waals surface area contributed by atoms with Crippen LogP contribution in [0.2, 0.25) is 0 Å². The Morgan fingerprint density at radius 3 is 2.27 bits per heavy atom. The molecular formula is C27H51N2O7P. The van der Waals surface area contributed by atoms with Crippen LogP contribution in [0.4, 0.5) is 0 Å². The highest BCUT2D eigenvalue weighted by Crippen LogP contribution is 2.43. The van der Waals surface area contributed by atoms with Crippen molar-refractivity contribution in [2.75, 3.05) is 19.8 Å². The number of phosphoric acid groups is 1. The van der Waals surface area contributed by atoms with E-state index in [2.05, 4.69) is 31.3 Å². The topological polar surface area (TPSA) is 151 Å². The first kappa shape index (κ1) is 35.7. The number of phosphoric ester groups is 1. The van der Waals surface area contributed by atoms with Crippen molar-refractivity contribution in [3.8, 4) is 0 Å². The third-order valence-corrected chi connectivity index (χ3v) is 6.48. The Balaban J connectivity index is 4.81. The van der Waals surface area contributed by atoms with Gasteiger partial charge in [0.05, 0.1) is 37.9 Å². The van der Waals surface area contributed by atoms with E-state index in [1.54, 1.807) is 6.08 Å². The van der Waals surface area contributed by atoms with Crippen LogP contribution in [0.3, 0.4) is 0 Å². The van der Waals surface area contributed by atoms with E-state index in [9.17, 15) is 24.5 Å². The zero-order valence-electron chi connectivity index (χ0n) is 22.8. The normalized spacial score (nSPS) is 16.4. The van der Waals surface area contributed by atoms with Gasteiger partial charge in [-0.2, -0.15) is 0 Å². The highest BCUT2D eigenvalue weighted by atomic mass is 31.2. The molecule has 4 unspecified atom stereocenters. The number of nitrogens with one attached hydrogen (secondary N) is 1. The molecule has 9 nitrogen and oxygen atoms in total. The van der Waals surface area contributed by atoms with E-state index in [4.69, 9.17) is 14.8 Å². The second-order valence-corrected chi connectivity index (χ2v) is 10.5. The lowest BCUT2D eigenvalue weighted by atomic mass is 10.1. The Morgan fingerprint density at radius 2 is 1.57 bits per heavy atom. The minimum Gasteiger partial charge on any atom is -0.392 e. The maximum atomic E-state index is 12.5. The number of aliphatic hydroxyl groups is 2. The fourth-order valence-electron chi connectivity index (χ4n) is 3.35. The van der Waals surface area contributed by atoms with Gasteiger partial charge < -0.3 is 26.2 Å². The molecule has 0 rings (SSSR count). The van der Waals surface area contributed by atoms with Crippen molar-refractivity contribution < 1.29 is 33.5 Å². The quantitative estimate of drug-likeness (QED) is 0.0665. The molecule has 0 aromatic heterocycles. The molecule has 6 N–H and O–H groups in total. The van der Waals surface area contributed by atoms with Crippen LogP contribution in [-0.4, -0.2) is 59.0 Å². The summed E-state index contributed by atoms with van der Waals surface area (Å²) >= 11 is 0. The van der Waals surface area contributed by atoms with E-state index >= 15 is 0 Å². The van der Waals surface area contributed by atoms with Crippen LogP contribution < -0.4 is 11.1 Å². The lowest BCUT2D eigenvalue weighted by Gasteiger charge is -2.23. The van der Waals surface area contributed by atoms with Gasteiger partial charge in [-0.05, 0) is 38.5 Å². The van der Waals surface area contributed by atoms with Gasteiger partial charge in [-0.3, -0.25) is 13.8 Å². The number of unbranched alkanes of at least 4 members (excludes halogenated alkanes) is 7. The molecule has 0 aromatic rings. The van der Waals surface area contributed by atoms with Gasteiger partial charge in [-0.25, -0.2) is 4.57 Å². The lowest BCUT2D eigenvalue weighted by Crippen LogP contribution is -2.46. The zero-order chi connectivity index (χ0) is 27.8. The molecule has 0 aliphatic rings. The van der Waals surface area contributed by atoms with Crippen LogP contribution in [0.1, 0.15) is 90.9 Å². The molecule has 0 aromatic carbocycles. The van der Waals surface area contributed by atoms with E-state index in [0.29, 0.717) is 12.8 Å². The number of carbonyl (C=O) groups excluding carboxylic acids is 1. The fourth-order valence-corrected chi connectivity index (χ4v) is 4.11. The molecule has 0 saturated carbocycles. The molecular weight excluding hydrogens is 495 g/mol. The second-order valence-electron chi connectivity index (χ2n) is 9.08. The number of aliphatic hydroxyl groups excluding tert-OH is 2. The average Bonchev–Trinajstić information content (AvgIpc) is 2.86. The van der Waals surface area contributed by atoms with Crippen LogP contribution >= 0.6 is 7.82 Å². The Kier molecular flexibility index (Phi) is 22.9. The van der Waals surface area contributed by atoms with E-state index in [0.717, 1.165) is 38.5 Å². The Morgan fingerprint density at radius 1 is 0.919 bits per heavy atom. The second kappa shape index (κ2) is 23.8. The Hall–Kier alpha value is -1.32. The monoisotopic (exact) mass is 546 g/mol. The molecule has 0 saturated heterocycles. The molecule has 4 atom stereocenters. The Bertz CT molecular complexity index is 700. The summed E-state index contributed by atoms with van der Waals surface area (Å²) in [7, 11) is -4.39. The minimum atomic E-state index is -4.39. The minimum absolute atomic E-state index is 0.0391. The van der Waals surface area contributed by atoms with Gasteiger partial charge in [0.1, 0.15) is 0 Å². The molecule has 0 fully saturated rings. The van der Waals surface area contributed by atoms with Crippen molar-refractivity contribution in [1.29, 1.82) is 0 Å². The van der Waals surface area contributed by atoms with Crippen molar-refractivity contribution in [3.05, 3.63) is 36.5 Å². The number of hydrogen-bond donors (Lipinski definition) is 5. The van der Waals surface area contributed by atoms with Crippen molar-refractivity contribution in [2.45, 2.75) is 109 Å². The molecule has 1 amide bonds. The van der Waals surface area contributed by atoms with Crippen molar-refractivity contribution >= 4 is 13.7 Å². The predicted molar refractivity (Wildman–Crippen MR) is 149 cm³/mol. The third kappa shape index (κ3) is 22.4. The van der Waals surface area contributed by atoms with Crippen LogP contribution in [0, 0.1) is 0 Å². The smallest absolute Gasteiger partial charge is 0.392 e. The standard InChI is InChI=1S/C27H51N2O7P/c1-3-5-7-9-11-13-15-17-19-26(31)25(23-36-37(33,34)35-21-20-28)29-27(32)22-24(30)18-16-14-12-10-8-6-4-2/h9,11,14,16-17,19,24-26,30-31H,3-8,10,12-13,15,18,20-23,28H2,1-2H3,(H,29,32)(H,33,34)/b11-9+,16-14-,19-17+. The number of hydrogen-bond acceptors (Lipinski definition) is 7. The van der Waals surface area contributed by atoms with Gasteiger partial charge in [0.2, 0.25) is 5.91 Å². The molecule has 0 heterocycles. The Labute approximate surface area is 223 Å². The summed E-state index contributed by atoms with van der Waals surface area (Å²) in [6.45, 7) is 3.72. The number of allylic oxidation sites excluding steroid dienone is 4. The number of amides is 1. The molecule has 0 aliphatic carbocycles. The molecule has 0 radical (unpaired) electrons. The summed E-state index contributed by atoms with van der Waals surface area (Å²) in [5.74, 6) is -0.501. The van der Waals surface area contributed by atoms with Gasteiger partial charge in [-0.1, -0.05) is 82.4 Å². The molecule has 216 valence electrons. The zero-order valence-corrected chi connectivity index (χ0v) is 23.7. The summed E-state index contributed by atoms with van der Waals surface area (Å²) in [5, 5.41) is 23.4. The van der Waals surface area contributed by atoms with Gasteiger partial charge in [0.15, 0.2) is 0 Å². The molecule has 0 bridgehead atoms. The first-order valence-electron chi connectivity index (χ1n) is 13.7. The van der Waals surface area contributed by atoms with Crippen LogP contribution in [0.15, 0.2) is 36.5 Å². The number of rotatable bonds is 24. The predicted octanol–water partition coefficient (Wildman–Crippen LogP) is 4.67. The molecule has 37 heavy (non-hydrogen) atoms. The average molecular weight is 547 g/mol. The van der Waals surface area contributed by atoms with E-state index < -0.39 is 38.6 Å². The lowest BCUT2D eigenvalue weighted by molar-refractivity contribution is -0.124. The van der Waals surface area contributed by atoms with Crippen LogP contribution in [-0.2, 0) is 18.4 Å². The van der Waals surface area contributed by atoms with E-state index in [1.807, 2.05) is 12.2 Å². The highest BCUT2D eigenvalue weighted by Gasteiger charge is 2.27. The number of nitrogens with two attached hydrogens (primary N) is 1. The van der Waals surface area contributed by atoms with Gasteiger partial charge in [0.25, 0.3) is 0 Å². The van der Waals surface area contributed by atoms with Gasteiger partial charge in [0, 0.05) is 6.54 Å². The SMILES string of the molecule is CCCC/C=C/CC/C=C/C(O)C(COP(=O)(O)OCCN)NC(=O)CC(O)C/C=C\CCCCCC. The third-order valence-electron chi connectivity index (χ3n) is 5.49. The molecule has 10 heteroatoms. The largest absolute Gasteiger partial charge is 0.472 e. The fraction of sp³-hybridized carbons (Fsp3) is 0.741. The van der Waals surface area contributed by atoms with Crippen LogP contribution in [0.25, 0.3) is 0 Å². The summed E-state index contributed by atoms with van der Waals surface area (Å²) in [6.07, 6.45) is 20.0. The number of carbonyl (C=O) groups is 1. The highest BCUT2D eigenvalue weighted by molar-refractivity contribution is 7.47. The van der Waals surface area contributed by atoms with Gasteiger partial charge >= 0.3 is 7.82 Å². The maximum Gasteiger partial charge on any atom is 0.472 e. The maximum absolute atomic E-state index is 12.5. The summed E-state index contributed by atoms with van der Waals surface area (Å²) in [4.78, 5) is 22.3. The summed E-state index contributed by atoms with van der Waals surface area (Å²) in [6, 6.07) is -1.01. The first-order valence-corrected chi connectivity index (χ1v) is 15.2. The van der Waals surface area contributed by atoms with Crippen molar-refractivity contribution in [3.63, 3.8) is 0 Å². The van der Waals surface area contributed by atoms with Crippen molar-refractivity contribution in [2.24, 2.45) is 5.73 Å². The van der Waals surface area contributed by atoms with Crippen LogP contribution in [0.5, 0.6) is 0 Å².